The summed E-state index contributed by atoms with van der Waals surface area (Å²) in [5.41, 5.74) is 3.89. The quantitative estimate of drug-likeness (QED) is 0.204. The highest BCUT2D eigenvalue weighted by Crippen LogP contribution is 2.27. The van der Waals surface area contributed by atoms with Gasteiger partial charge in [0.2, 0.25) is 0 Å². The Morgan fingerprint density at radius 1 is 1.02 bits per heavy atom. The topological polar surface area (TPSA) is 124 Å². The van der Waals surface area contributed by atoms with Gasteiger partial charge in [0.1, 0.15) is 18.1 Å². The second kappa shape index (κ2) is 15.9. The van der Waals surface area contributed by atoms with Crippen LogP contribution in [0.4, 0.5) is 0 Å². The molecule has 1 unspecified atom stereocenters. The fourth-order valence-electron chi connectivity index (χ4n) is 6.93. The van der Waals surface area contributed by atoms with Crippen LogP contribution in [0.2, 0.25) is 0 Å². The summed E-state index contributed by atoms with van der Waals surface area (Å²) in [4.78, 5) is 55.5. The third-order valence-electron chi connectivity index (χ3n) is 9.94. The van der Waals surface area contributed by atoms with Crippen LogP contribution in [0.15, 0.2) is 94.5 Å². The first-order chi connectivity index (χ1) is 25.7. The van der Waals surface area contributed by atoms with E-state index in [1.807, 2.05) is 62.4 Å². The van der Waals surface area contributed by atoms with Crippen LogP contribution in [-0.2, 0) is 24.4 Å². The van der Waals surface area contributed by atoms with Crippen LogP contribution in [0.25, 0.3) is 17.1 Å². The molecule has 5 aromatic rings. The number of carbonyl (C=O) groups is 2. The predicted molar refractivity (Wildman–Crippen MR) is 204 cm³/mol. The third-order valence-corrected chi connectivity index (χ3v) is 10.8. The second-order valence-electron chi connectivity index (χ2n) is 13.5. The number of fused-ring (bicyclic) bond motifs is 1. The standard InChI is InChI=1S/C40H42BrN7O5/c1-26-21-29(9-14-34(26)41)39(50)46-24-35-36(38(49)44-22-30-7-4-5-8-33(30)37-42-15-6-16-43-37)48(40(51)47(35)23-27(46)2)31-10-12-32(13-11-31)53-25-28(3)45-17-19-52-20-18-45/h4-16,21,27-28H,17-20,22-25H2,1-3H3,(H,44,49)/t27?,28-/m1/s1. The number of hydrogen-bond acceptors (Lipinski definition) is 8. The van der Waals surface area contributed by atoms with Crippen molar-refractivity contribution in [1.29, 1.82) is 0 Å². The Labute approximate surface area is 316 Å². The molecule has 2 amide bonds. The smallest absolute Gasteiger partial charge is 0.333 e. The lowest BCUT2D eigenvalue weighted by Gasteiger charge is -2.34. The average molecular weight is 781 g/mol. The number of carbonyl (C=O) groups excluding carboxylic acids is 2. The van der Waals surface area contributed by atoms with Gasteiger partial charge in [0.05, 0.1) is 31.1 Å². The fourth-order valence-corrected chi connectivity index (χ4v) is 7.17. The molecule has 1 N–H and O–H groups in total. The number of rotatable bonds is 10. The zero-order valence-electron chi connectivity index (χ0n) is 30.0. The number of aryl methyl sites for hydroxylation is 1. The molecule has 1 fully saturated rings. The first-order valence-electron chi connectivity index (χ1n) is 17.8. The first-order valence-corrected chi connectivity index (χ1v) is 18.6. The molecular weight excluding hydrogens is 738 g/mol. The van der Waals surface area contributed by atoms with Crippen molar-refractivity contribution in [3.05, 3.63) is 128 Å². The van der Waals surface area contributed by atoms with Gasteiger partial charge in [-0.2, -0.15) is 0 Å². The second-order valence-corrected chi connectivity index (χ2v) is 14.3. The summed E-state index contributed by atoms with van der Waals surface area (Å²) in [5, 5.41) is 3.06. The van der Waals surface area contributed by atoms with Gasteiger partial charge in [-0.1, -0.05) is 40.2 Å². The van der Waals surface area contributed by atoms with Crippen LogP contribution < -0.4 is 15.7 Å². The van der Waals surface area contributed by atoms with Gasteiger partial charge < -0.3 is 19.7 Å². The van der Waals surface area contributed by atoms with E-state index in [1.165, 1.54) is 4.57 Å². The first kappa shape index (κ1) is 36.3. The molecule has 2 aromatic heterocycles. The fraction of sp³-hybridized carbons (Fsp3) is 0.325. The Morgan fingerprint density at radius 2 is 1.75 bits per heavy atom. The number of amides is 2. The Hall–Kier alpha value is -5.11. The molecule has 7 rings (SSSR count). The number of morpholine rings is 1. The van der Waals surface area contributed by atoms with Crippen molar-refractivity contribution in [2.45, 2.75) is 52.5 Å². The van der Waals surface area contributed by atoms with Crippen LogP contribution in [0.5, 0.6) is 5.75 Å². The number of aromatic nitrogens is 4. The van der Waals surface area contributed by atoms with Crippen LogP contribution in [0.1, 0.15) is 51.5 Å². The molecule has 3 aromatic carbocycles. The van der Waals surface area contributed by atoms with Crippen LogP contribution >= 0.6 is 15.9 Å². The molecule has 0 spiro atoms. The molecule has 0 aliphatic carbocycles. The van der Waals surface area contributed by atoms with E-state index in [0.717, 1.165) is 34.3 Å². The molecule has 0 bridgehead atoms. The Balaban J connectivity index is 1.21. The van der Waals surface area contributed by atoms with Gasteiger partial charge in [0.25, 0.3) is 11.8 Å². The maximum atomic E-state index is 14.4. The summed E-state index contributed by atoms with van der Waals surface area (Å²) in [6.45, 7) is 10.1. The molecular formula is C40H42BrN7O5. The SMILES string of the molecule is Cc1cc(C(=O)N2Cc3c(C(=O)NCc4ccccc4-c4ncccn4)n(-c4ccc(OC[C@@H](C)N5CCOCC5)cc4)c(=O)n3CC2C)ccc1Br. The molecule has 2 aliphatic heterocycles. The Kier molecular flexibility index (Phi) is 10.9. The van der Waals surface area contributed by atoms with Gasteiger partial charge in [-0.25, -0.2) is 14.8 Å². The molecule has 2 aliphatic rings. The highest BCUT2D eigenvalue weighted by Gasteiger charge is 2.35. The van der Waals surface area contributed by atoms with Crippen LogP contribution in [0.3, 0.4) is 0 Å². The van der Waals surface area contributed by atoms with Gasteiger partial charge in [0, 0.05) is 66.3 Å². The van der Waals surface area contributed by atoms with Gasteiger partial charge in [-0.05, 0) is 80.4 Å². The van der Waals surface area contributed by atoms with Crippen molar-refractivity contribution in [2.24, 2.45) is 0 Å². The normalized spacial score (nSPS) is 16.5. The molecule has 2 atom stereocenters. The lowest BCUT2D eigenvalue weighted by Crippen LogP contribution is -2.47. The zero-order valence-corrected chi connectivity index (χ0v) is 31.6. The van der Waals surface area contributed by atoms with E-state index in [-0.39, 0.29) is 49.0 Å². The summed E-state index contributed by atoms with van der Waals surface area (Å²) in [5.74, 6) is 0.589. The van der Waals surface area contributed by atoms with Crippen molar-refractivity contribution in [2.75, 3.05) is 32.9 Å². The van der Waals surface area contributed by atoms with E-state index in [4.69, 9.17) is 9.47 Å². The van der Waals surface area contributed by atoms with E-state index in [1.54, 1.807) is 46.1 Å². The molecule has 274 valence electrons. The Bertz CT molecular complexity index is 2160. The molecule has 0 saturated carbocycles. The highest BCUT2D eigenvalue weighted by atomic mass is 79.9. The highest BCUT2D eigenvalue weighted by molar-refractivity contribution is 9.10. The lowest BCUT2D eigenvalue weighted by atomic mass is 10.1. The van der Waals surface area contributed by atoms with Crippen LogP contribution in [0, 0.1) is 6.92 Å². The molecule has 1 saturated heterocycles. The van der Waals surface area contributed by atoms with Crippen LogP contribution in [-0.4, -0.2) is 85.7 Å². The van der Waals surface area contributed by atoms with Gasteiger partial charge in [-0.3, -0.25) is 23.6 Å². The predicted octanol–water partition coefficient (Wildman–Crippen LogP) is 5.24. The summed E-state index contributed by atoms with van der Waals surface area (Å²) in [6.07, 6.45) is 3.35. The number of nitrogens with one attached hydrogen (secondary N) is 1. The third kappa shape index (κ3) is 7.68. The van der Waals surface area contributed by atoms with Crippen molar-refractivity contribution >= 4 is 27.7 Å². The molecule has 4 heterocycles. The molecule has 0 radical (unpaired) electrons. The number of hydrogen-bond donors (Lipinski definition) is 1. The number of nitrogens with zero attached hydrogens (tertiary/aromatic N) is 6. The number of benzene rings is 3. The minimum atomic E-state index is -0.444. The molecule has 53 heavy (non-hydrogen) atoms. The largest absolute Gasteiger partial charge is 0.492 e. The maximum absolute atomic E-state index is 14.4. The number of ether oxygens (including phenoxy) is 2. The van der Waals surface area contributed by atoms with E-state index in [9.17, 15) is 14.4 Å². The van der Waals surface area contributed by atoms with E-state index < -0.39 is 5.91 Å². The van der Waals surface area contributed by atoms with E-state index in [0.29, 0.717) is 48.3 Å². The van der Waals surface area contributed by atoms with Crippen molar-refractivity contribution < 1.29 is 19.1 Å². The molecule has 13 heteroatoms. The number of imidazole rings is 1. The van der Waals surface area contributed by atoms with Gasteiger partial charge >= 0.3 is 5.69 Å². The molecule has 12 nitrogen and oxygen atoms in total. The zero-order chi connectivity index (χ0) is 37.1. The number of halogens is 1. The van der Waals surface area contributed by atoms with E-state index >= 15 is 0 Å². The monoisotopic (exact) mass is 779 g/mol. The summed E-state index contributed by atoms with van der Waals surface area (Å²) in [6, 6.07) is 22.0. The van der Waals surface area contributed by atoms with Gasteiger partial charge in [-0.15, -0.1) is 0 Å². The van der Waals surface area contributed by atoms with Crippen molar-refractivity contribution in [3.8, 4) is 22.8 Å². The van der Waals surface area contributed by atoms with Crippen molar-refractivity contribution in [1.82, 2.24) is 34.2 Å². The lowest BCUT2D eigenvalue weighted by molar-refractivity contribution is 0.0105. The minimum absolute atomic E-state index is 0.0785. The minimum Gasteiger partial charge on any atom is -0.492 e. The average Bonchev–Trinajstić information content (AvgIpc) is 3.47. The summed E-state index contributed by atoms with van der Waals surface area (Å²) >= 11 is 3.52. The van der Waals surface area contributed by atoms with Gasteiger partial charge in [0.15, 0.2) is 5.82 Å². The Morgan fingerprint density at radius 3 is 2.49 bits per heavy atom. The summed E-state index contributed by atoms with van der Waals surface area (Å²) < 4.78 is 15.6. The summed E-state index contributed by atoms with van der Waals surface area (Å²) in [7, 11) is 0. The van der Waals surface area contributed by atoms with Crippen molar-refractivity contribution in [3.63, 3.8) is 0 Å². The maximum Gasteiger partial charge on any atom is 0.333 e. The van der Waals surface area contributed by atoms with E-state index in [2.05, 4.69) is 43.0 Å².